The van der Waals surface area contributed by atoms with Crippen molar-refractivity contribution < 1.29 is 14.3 Å². The second kappa shape index (κ2) is 9.34. The minimum absolute atomic E-state index is 0.111. The topological polar surface area (TPSA) is 59.6 Å². The Balaban J connectivity index is 2.48. The molecule has 1 aromatic carbocycles. The summed E-state index contributed by atoms with van der Waals surface area (Å²) in [5, 5.41) is 5.91. The Labute approximate surface area is 120 Å². The van der Waals surface area contributed by atoms with Crippen molar-refractivity contribution >= 4 is 5.91 Å². The first-order chi connectivity index (χ1) is 9.69. The predicted molar refractivity (Wildman–Crippen MR) is 78.8 cm³/mol. The summed E-state index contributed by atoms with van der Waals surface area (Å²) in [5.74, 6) is 0.627. The number of ether oxygens (including phenoxy) is 2. The van der Waals surface area contributed by atoms with Gasteiger partial charge in [-0.3, -0.25) is 4.79 Å². The molecule has 0 spiro atoms. The number of carbonyl (C=O) groups is 1. The minimum Gasteiger partial charge on any atom is -0.481 e. The van der Waals surface area contributed by atoms with Crippen LogP contribution >= 0.6 is 0 Å². The van der Waals surface area contributed by atoms with E-state index in [1.54, 1.807) is 14.0 Å². The maximum absolute atomic E-state index is 11.9. The van der Waals surface area contributed by atoms with Crippen molar-refractivity contribution in [3.63, 3.8) is 0 Å². The average Bonchev–Trinajstić information content (AvgIpc) is 2.45. The van der Waals surface area contributed by atoms with E-state index in [4.69, 9.17) is 9.47 Å². The van der Waals surface area contributed by atoms with Crippen molar-refractivity contribution in [2.75, 3.05) is 27.3 Å². The van der Waals surface area contributed by atoms with Crippen molar-refractivity contribution in [1.29, 1.82) is 0 Å². The fraction of sp³-hybridized carbons (Fsp3) is 0.533. The van der Waals surface area contributed by atoms with Crippen LogP contribution in [-0.2, 0) is 16.1 Å². The Kier molecular flexibility index (Phi) is 7.69. The first kappa shape index (κ1) is 16.5. The molecule has 1 aromatic rings. The van der Waals surface area contributed by atoms with Gasteiger partial charge in [-0.15, -0.1) is 0 Å². The summed E-state index contributed by atoms with van der Waals surface area (Å²) >= 11 is 0. The molecule has 0 aliphatic heterocycles. The van der Waals surface area contributed by atoms with Crippen LogP contribution in [0.4, 0.5) is 0 Å². The van der Waals surface area contributed by atoms with Crippen molar-refractivity contribution in [1.82, 2.24) is 10.6 Å². The molecule has 5 heteroatoms. The van der Waals surface area contributed by atoms with Crippen LogP contribution in [0.1, 0.15) is 18.9 Å². The van der Waals surface area contributed by atoms with Gasteiger partial charge >= 0.3 is 0 Å². The maximum atomic E-state index is 11.9. The Morgan fingerprint density at radius 2 is 2.10 bits per heavy atom. The molecule has 2 N–H and O–H groups in total. The molecule has 0 saturated heterocycles. The standard InChI is InChI=1S/C15H24N2O3/c1-12(15(18)17-9-6-10-19-3)20-14-8-5-4-7-13(14)11-16-2/h4-5,7-8,12,16H,6,9-11H2,1-3H3,(H,17,18). The summed E-state index contributed by atoms with van der Waals surface area (Å²) in [6, 6.07) is 7.71. The van der Waals surface area contributed by atoms with E-state index in [1.807, 2.05) is 31.3 Å². The number of carbonyl (C=O) groups excluding carboxylic acids is 1. The molecule has 0 heterocycles. The molecule has 0 radical (unpaired) electrons. The van der Waals surface area contributed by atoms with Crippen molar-refractivity contribution in [2.24, 2.45) is 0 Å². The molecule has 0 bridgehead atoms. The molecule has 20 heavy (non-hydrogen) atoms. The normalized spacial score (nSPS) is 11.9. The van der Waals surface area contributed by atoms with Gasteiger partial charge in [0.25, 0.3) is 5.91 Å². The maximum Gasteiger partial charge on any atom is 0.260 e. The number of hydrogen-bond donors (Lipinski definition) is 2. The van der Waals surface area contributed by atoms with Crippen molar-refractivity contribution in [3.8, 4) is 5.75 Å². The van der Waals surface area contributed by atoms with Gasteiger partial charge in [0.1, 0.15) is 5.75 Å². The Morgan fingerprint density at radius 1 is 1.35 bits per heavy atom. The molecule has 0 fully saturated rings. The van der Waals surface area contributed by atoms with Gasteiger partial charge in [0.15, 0.2) is 6.10 Å². The van der Waals surface area contributed by atoms with Crippen molar-refractivity contribution in [2.45, 2.75) is 26.0 Å². The van der Waals surface area contributed by atoms with Gasteiger partial charge in [-0.25, -0.2) is 0 Å². The van der Waals surface area contributed by atoms with Gasteiger partial charge < -0.3 is 20.1 Å². The summed E-state index contributed by atoms with van der Waals surface area (Å²) in [7, 11) is 3.52. The van der Waals surface area contributed by atoms with Gasteiger partial charge in [-0.1, -0.05) is 18.2 Å². The lowest BCUT2D eigenvalue weighted by Crippen LogP contribution is -2.37. The highest BCUT2D eigenvalue weighted by Crippen LogP contribution is 2.19. The van der Waals surface area contributed by atoms with Crippen LogP contribution in [0, 0.1) is 0 Å². The lowest BCUT2D eigenvalue weighted by atomic mass is 10.2. The van der Waals surface area contributed by atoms with Gasteiger partial charge in [0, 0.05) is 32.4 Å². The Morgan fingerprint density at radius 3 is 2.80 bits per heavy atom. The highest BCUT2D eigenvalue weighted by Gasteiger charge is 2.15. The smallest absolute Gasteiger partial charge is 0.260 e. The Bertz CT molecular complexity index is 410. The molecule has 5 nitrogen and oxygen atoms in total. The van der Waals surface area contributed by atoms with Crippen LogP contribution in [0.15, 0.2) is 24.3 Å². The monoisotopic (exact) mass is 280 g/mol. The van der Waals surface area contributed by atoms with Crippen LogP contribution in [-0.4, -0.2) is 39.3 Å². The molecule has 0 aliphatic rings. The van der Waals surface area contributed by atoms with Crippen LogP contribution in [0.5, 0.6) is 5.75 Å². The van der Waals surface area contributed by atoms with Crippen LogP contribution in [0.25, 0.3) is 0 Å². The fourth-order valence-corrected chi connectivity index (χ4v) is 1.77. The van der Waals surface area contributed by atoms with E-state index < -0.39 is 6.10 Å². The van der Waals surface area contributed by atoms with Crippen LogP contribution in [0.3, 0.4) is 0 Å². The highest BCUT2D eigenvalue weighted by molar-refractivity contribution is 5.80. The van der Waals surface area contributed by atoms with E-state index in [9.17, 15) is 4.79 Å². The number of rotatable bonds is 9. The molecule has 1 atom stereocenters. The third-order valence-electron chi connectivity index (χ3n) is 2.84. The summed E-state index contributed by atoms with van der Waals surface area (Å²) in [6.07, 6.45) is 0.279. The molecule has 1 unspecified atom stereocenters. The number of methoxy groups -OCH3 is 1. The highest BCUT2D eigenvalue weighted by atomic mass is 16.5. The third-order valence-corrected chi connectivity index (χ3v) is 2.84. The second-order valence-electron chi connectivity index (χ2n) is 4.54. The zero-order valence-electron chi connectivity index (χ0n) is 12.4. The van der Waals surface area contributed by atoms with Crippen LogP contribution in [0.2, 0.25) is 0 Å². The molecular formula is C15H24N2O3. The van der Waals surface area contributed by atoms with E-state index in [0.29, 0.717) is 19.7 Å². The summed E-state index contributed by atoms with van der Waals surface area (Å²) in [4.78, 5) is 11.9. The molecule has 112 valence electrons. The van der Waals surface area contributed by atoms with E-state index in [0.717, 1.165) is 17.7 Å². The quantitative estimate of drug-likeness (QED) is 0.670. The largest absolute Gasteiger partial charge is 0.481 e. The number of amides is 1. The average molecular weight is 280 g/mol. The van der Waals surface area contributed by atoms with E-state index in [2.05, 4.69) is 10.6 Å². The summed E-state index contributed by atoms with van der Waals surface area (Å²) in [5.41, 5.74) is 1.04. The fourth-order valence-electron chi connectivity index (χ4n) is 1.77. The lowest BCUT2D eigenvalue weighted by molar-refractivity contribution is -0.127. The van der Waals surface area contributed by atoms with E-state index in [1.165, 1.54) is 0 Å². The van der Waals surface area contributed by atoms with Gasteiger partial charge in [-0.2, -0.15) is 0 Å². The molecule has 0 aromatic heterocycles. The van der Waals surface area contributed by atoms with E-state index >= 15 is 0 Å². The Hall–Kier alpha value is -1.59. The zero-order chi connectivity index (χ0) is 14.8. The molecule has 0 aliphatic carbocycles. The van der Waals surface area contributed by atoms with Crippen LogP contribution < -0.4 is 15.4 Å². The first-order valence-electron chi connectivity index (χ1n) is 6.84. The molecule has 1 amide bonds. The first-order valence-corrected chi connectivity index (χ1v) is 6.84. The van der Waals surface area contributed by atoms with Gasteiger partial charge in [0.05, 0.1) is 0 Å². The predicted octanol–water partition coefficient (Wildman–Crippen LogP) is 1.33. The van der Waals surface area contributed by atoms with Crippen molar-refractivity contribution in [3.05, 3.63) is 29.8 Å². The molecular weight excluding hydrogens is 256 g/mol. The number of nitrogens with one attached hydrogen (secondary N) is 2. The number of benzene rings is 1. The summed E-state index contributed by atoms with van der Waals surface area (Å²) in [6.45, 7) is 3.69. The zero-order valence-corrected chi connectivity index (χ0v) is 12.4. The van der Waals surface area contributed by atoms with Gasteiger partial charge in [-0.05, 0) is 26.5 Å². The summed E-state index contributed by atoms with van der Waals surface area (Å²) < 4.78 is 10.7. The SMILES string of the molecule is CNCc1ccccc1OC(C)C(=O)NCCCOC. The molecule has 0 saturated carbocycles. The van der Waals surface area contributed by atoms with E-state index in [-0.39, 0.29) is 5.91 Å². The molecule has 1 rings (SSSR count). The number of hydrogen-bond acceptors (Lipinski definition) is 4. The third kappa shape index (κ3) is 5.59. The minimum atomic E-state index is -0.518. The second-order valence-corrected chi connectivity index (χ2v) is 4.54. The lowest BCUT2D eigenvalue weighted by Gasteiger charge is -2.17. The number of para-hydroxylation sites is 1. The van der Waals surface area contributed by atoms with Gasteiger partial charge in [0.2, 0.25) is 0 Å².